The zero-order valence-corrected chi connectivity index (χ0v) is 24.2. The number of nitrogens with two attached hydrogens (primary N) is 2. The molecule has 2 heterocycles. The molecule has 2 aromatic carbocycles. The number of nitrogens with zero attached hydrogens (tertiary/aromatic N) is 4. The molecule has 4 aromatic rings. The van der Waals surface area contributed by atoms with Crippen LogP contribution in [-0.2, 0) is 0 Å². The summed E-state index contributed by atoms with van der Waals surface area (Å²) in [6, 6.07) is 15.6. The van der Waals surface area contributed by atoms with Gasteiger partial charge in [-0.15, -0.1) is 0 Å². The number of halogens is 2. The molecule has 0 saturated heterocycles. The number of imidazole rings is 2. The summed E-state index contributed by atoms with van der Waals surface area (Å²) in [6.07, 6.45) is 10.2. The minimum atomic E-state index is -0.00111. The number of nitrogens with one attached hydrogen (secondary N) is 2. The molecule has 0 spiro atoms. The van der Waals surface area contributed by atoms with Crippen LogP contribution in [0, 0.1) is 0 Å². The van der Waals surface area contributed by atoms with Crippen molar-refractivity contribution in [3.8, 4) is 0 Å². The van der Waals surface area contributed by atoms with E-state index in [0.29, 0.717) is 0 Å². The predicted molar refractivity (Wildman–Crippen MR) is 160 cm³/mol. The van der Waals surface area contributed by atoms with E-state index in [1.807, 2.05) is 73.3 Å². The van der Waals surface area contributed by atoms with Crippen molar-refractivity contribution >= 4 is 54.6 Å². The molecule has 2 aromatic heterocycles. The standard InChI is InChI=1S/C27H34Br2N8/c1-3-24(34-22-11-7-5-9-20(22)30)36-15-13-32-26(36)18(28)17-19(29)27-33-14-16-37(27)25(4-2)35-23-12-8-6-10-21(23)31/h5-16,18-19,24-25,34-35H,3-4,17,30-31H2,1-2H3. The molecular weight excluding hydrogens is 596 g/mol. The number of hydrogen-bond acceptors (Lipinski definition) is 6. The first-order valence-corrected chi connectivity index (χ1v) is 14.3. The van der Waals surface area contributed by atoms with Crippen molar-refractivity contribution in [3.05, 3.63) is 85.0 Å². The lowest BCUT2D eigenvalue weighted by Crippen LogP contribution is -2.22. The van der Waals surface area contributed by atoms with E-state index in [0.717, 1.165) is 53.7 Å². The van der Waals surface area contributed by atoms with Crippen molar-refractivity contribution in [1.82, 2.24) is 19.1 Å². The number of alkyl halides is 2. The van der Waals surface area contributed by atoms with Crippen molar-refractivity contribution in [1.29, 1.82) is 0 Å². The summed E-state index contributed by atoms with van der Waals surface area (Å²) in [6.45, 7) is 4.29. The van der Waals surface area contributed by atoms with E-state index in [9.17, 15) is 0 Å². The maximum Gasteiger partial charge on any atom is 0.124 e. The van der Waals surface area contributed by atoms with Crippen molar-refractivity contribution < 1.29 is 0 Å². The molecular formula is C27H34Br2N8. The van der Waals surface area contributed by atoms with E-state index in [2.05, 4.69) is 65.5 Å². The molecule has 0 amide bonds. The third-order valence-corrected chi connectivity index (χ3v) is 7.95. The van der Waals surface area contributed by atoms with Gasteiger partial charge < -0.3 is 31.2 Å². The normalized spacial score (nSPS) is 14.6. The molecule has 0 aliphatic heterocycles. The number of hydrogen-bond donors (Lipinski definition) is 4. The van der Waals surface area contributed by atoms with E-state index >= 15 is 0 Å². The van der Waals surface area contributed by atoms with Gasteiger partial charge in [0, 0.05) is 24.8 Å². The summed E-state index contributed by atoms with van der Waals surface area (Å²) in [5, 5.41) is 7.13. The van der Waals surface area contributed by atoms with Crippen LogP contribution in [0.3, 0.4) is 0 Å². The SMILES string of the molecule is CCC(Nc1ccccc1N)n1ccnc1C(Br)CC(Br)c1nccn1C(CC)Nc1ccccc1N. The molecule has 0 saturated carbocycles. The molecule has 4 unspecified atom stereocenters. The first kappa shape index (κ1) is 27.1. The van der Waals surface area contributed by atoms with Gasteiger partial charge in [0.2, 0.25) is 0 Å². The summed E-state index contributed by atoms with van der Waals surface area (Å²) >= 11 is 7.81. The predicted octanol–water partition coefficient (Wildman–Crippen LogP) is 7.25. The van der Waals surface area contributed by atoms with Gasteiger partial charge in [0.1, 0.15) is 24.0 Å². The minimum absolute atomic E-state index is 0.00111. The first-order chi connectivity index (χ1) is 17.9. The Morgan fingerprint density at radius 1 is 0.730 bits per heavy atom. The molecule has 196 valence electrons. The van der Waals surface area contributed by atoms with Gasteiger partial charge in [-0.3, -0.25) is 0 Å². The number of anilines is 4. The van der Waals surface area contributed by atoms with Gasteiger partial charge in [0.05, 0.1) is 32.4 Å². The molecule has 10 heteroatoms. The molecule has 4 rings (SSSR count). The number of nitrogen functional groups attached to an aromatic ring is 2. The monoisotopic (exact) mass is 628 g/mol. The van der Waals surface area contributed by atoms with Gasteiger partial charge in [-0.2, -0.15) is 0 Å². The molecule has 0 bridgehead atoms. The van der Waals surface area contributed by atoms with Gasteiger partial charge in [0.15, 0.2) is 0 Å². The van der Waals surface area contributed by atoms with E-state index < -0.39 is 0 Å². The van der Waals surface area contributed by atoms with E-state index in [4.69, 9.17) is 21.4 Å². The second-order valence-corrected chi connectivity index (χ2v) is 11.1. The van der Waals surface area contributed by atoms with Crippen LogP contribution in [0.15, 0.2) is 73.3 Å². The Morgan fingerprint density at radius 3 is 1.51 bits per heavy atom. The zero-order chi connectivity index (χ0) is 26.4. The van der Waals surface area contributed by atoms with Gasteiger partial charge in [-0.1, -0.05) is 70.0 Å². The summed E-state index contributed by atoms with van der Waals surface area (Å²) in [7, 11) is 0. The van der Waals surface area contributed by atoms with Crippen LogP contribution >= 0.6 is 31.9 Å². The molecule has 4 atom stereocenters. The highest BCUT2D eigenvalue weighted by molar-refractivity contribution is 9.09. The van der Waals surface area contributed by atoms with Crippen molar-refractivity contribution in [2.75, 3.05) is 22.1 Å². The summed E-state index contributed by atoms with van der Waals surface area (Å²) in [4.78, 5) is 9.38. The first-order valence-electron chi connectivity index (χ1n) is 12.5. The Labute approximate surface area is 235 Å². The molecule has 6 N–H and O–H groups in total. The molecule has 37 heavy (non-hydrogen) atoms. The van der Waals surface area contributed by atoms with Crippen LogP contribution in [0.4, 0.5) is 22.7 Å². The second-order valence-electron chi connectivity index (χ2n) is 8.87. The van der Waals surface area contributed by atoms with Crippen LogP contribution in [0.1, 0.15) is 66.7 Å². The lowest BCUT2D eigenvalue weighted by molar-refractivity contribution is 0.502. The smallest absolute Gasteiger partial charge is 0.124 e. The second kappa shape index (κ2) is 12.5. The van der Waals surface area contributed by atoms with Crippen LogP contribution in [0.2, 0.25) is 0 Å². The number of benzene rings is 2. The zero-order valence-electron chi connectivity index (χ0n) is 21.1. The third kappa shape index (κ3) is 6.30. The highest BCUT2D eigenvalue weighted by atomic mass is 79.9. The summed E-state index contributed by atoms with van der Waals surface area (Å²) < 4.78 is 4.35. The fourth-order valence-electron chi connectivity index (χ4n) is 4.41. The van der Waals surface area contributed by atoms with E-state index in [1.165, 1.54) is 0 Å². The van der Waals surface area contributed by atoms with Gasteiger partial charge in [-0.25, -0.2) is 9.97 Å². The number of aromatic nitrogens is 4. The fraction of sp³-hybridized carbons (Fsp3) is 0.333. The lowest BCUT2D eigenvalue weighted by Gasteiger charge is -2.26. The van der Waals surface area contributed by atoms with Crippen molar-refractivity contribution in [2.24, 2.45) is 0 Å². The highest BCUT2D eigenvalue weighted by Gasteiger charge is 2.26. The maximum absolute atomic E-state index is 6.18. The Bertz CT molecular complexity index is 1190. The van der Waals surface area contributed by atoms with E-state index in [-0.39, 0.29) is 22.0 Å². The van der Waals surface area contributed by atoms with Crippen molar-refractivity contribution in [3.63, 3.8) is 0 Å². The van der Waals surface area contributed by atoms with E-state index in [1.54, 1.807) is 0 Å². The van der Waals surface area contributed by atoms with Crippen LogP contribution in [0.25, 0.3) is 0 Å². The molecule has 0 aliphatic carbocycles. The summed E-state index contributed by atoms with van der Waals surface area (Å²) in [5.74, 6) is 1.89. The Morgan fingerprint density at radius 2 is 1.14 bits per heavy atom. The molecule has 8 nitrogen and oxygen atoms in total. The Hall–Kier alpha value is -2.98. The molecule has 0 radical (unpaired) electrons. The number of rotatable bonds is 12. The fourth-order valence-corrected chi connectivity index (χ4v) is 6.37. The average Bonchev–Trinajstić information content (AvgIpc) is 3.58. The minimum Gasteiger partial charge on any atom is -0.397 e. The van der Waals surface area contributed by atoms with Crippen LogP contribution in [0.5, 0.6) is 0 Å². The molecule has 0 fully saturated rings. The lowest BCUT2D eigenvalue weighted by atomic mass is 10.2. The number of para-hydroxylation sites is 4. The van der Waals surface area contributed by atoms with Crippen molar-refractivity contribution in [2.45, 2.75) is 55.1 Å². The largest absolute Gasteiger partial charge is 0.397 e. The molecule has 0 aliphatic rings. The Kier molecular flexibility index (Phi) is 9.15. The van der Waals surface area contributed by atoms with Gasteiger partial charge in [-0.05, 0) is 43.5 Å². The van der Waals surface area contributed by atoms with Gasteiger partial charge in [0.25, 0.3) is 0 Å². The highest BCUT2D eigenvalue weighted by Crippen LogP contribution is 2.39. The quantitative estimate of drug-likeness (QED) is 0.0970. The third-order valence-electron chi connectivity index (χ3n) is 6.38. The average molecular weight is 630 g/mol. The topological polar surface area (TPSA) is 112 Å². The van der Waals surface area contributed by atoms with Gasteiger partial charge >= 0.3 is 0 Å². The van der Waals surface area contributed by atoms with Crippen LogP contribution in [-0.4, -0.2) is 19.1 Å². The summed E-state index contributed by atoms with van der Waals surface area (Å²) in [5.41, 5.74) is 15.6. The maximum atomic E-state index is 6.18. The Balaban J connectivity index is 1.50. The van der Waals surface area contributed by atoms with Crippen LogP contribution < -0.4 is 22.1 Å².